The number of benzene rings is 1. The van der Waals surface area contributed by atoms with Gasteiger partial charge in [-0.2, -0.15) is 0 Å². The molecular weight excluding hydrogens is 377 g/mol. The van der Waals surface area contributed by atoms with E-state index in [9.17, 15) is 9.59 Å². The lowest BCUT2D eigenvalue weighted by atomic mass is 9.87. The molecule has 0 radical (unpaired) electrons. The molecule has 2 rings (SSSR count). The van der Waals surface area contributed by atoms with Crippen LogP contribution in [0.2, 0.25) is 10.0 Å². The van der Waals surface area contributed by atoms with Crippen LogP contribution in [-0.4, -0.2) is 47.7 Å². The molecule has 1 heterocycles. The lowest BCUT2D eigenvalue weighted by Crippen LogP contribution is -2.57. The van der Waals surface area contributed by atoms with E-state index in [0.29, 0.717) is 41.6 Å². The molecule has 0 aromatic heterocycles. The van der Waals surface area contributed by atoms with Gasteiger partial charge < -0.3 is 9.47 Å². The maximum Gasteiger partial charge on any atom is 0.411 e. The molecule has 0 aliphatic carbocycles. The first-order valence-corrected chi connectivity index (χ1v) is 9.44. The van der Waals surface area contributed by atoms with Crippen molar-refractivity contribution in [2.45, 2.75) is 51.7 Å². The Morgan fingerprint density at radius 2 is 1.92 bits per heavy atom. The Balaban J connectivity index is 2.40. The Labute approximate surface area is 164 Å². The second-order valence-corrected chi connectivity index (χ2v) is 8.18. The van der Waals surface area contributed by atoms with Gasteiger partial charge in [0.2, 0.25) is 0 Å². The predicted octanol–water partition coefficient (Wildman–Crippen LogP) is 4.98. The number of Topliss-reactive ketones (excluding diaryl/α,β-unsaturated/α-hetero) is 1. The van der Waals surface area contributed by atoms with E-state index in [2.05, 4.69) is 0 Å². The highest BCUT2D eigenvalue weighted by atomic mass is 35.5. The average Bonchev–Trinajstić information content (AvgIpc) is 2.98. The number of ketones is 1. The van der Waals surface area contributed by atoms with Crippen LogP contribution in [0.4, 0.5) is 4.79 Å². The Bertz CT molecular complexity index is 687. The van der Waals surface area contributed by atoms with Gasteiger partial charge in [0, 0.05) is 18.7 Å². The van der Waals surface area contributed by atoms with Crippen LogP contribution in [0.5, 0.6) is 0 Å². The number of rotatable bonds is 5. The van der Waals surface area contributed by atoms with Crippen molar-refractivity contribution in [1.29, 1.82) is 0 Å². The summed E-state index contributed by atoms with van der Waals surface area (Å²) in [6.07, 6.45) is 0.688. The van der Waals surface area contributed by atoms with Crippen LogP contribution in [-0.2, 0) is 9.47 Å². The van der Waals surface area contributed by atoms with Gasteiger partial charge in [-0.3, -0.25) is 9.69 Å². The molecule has 1 aromatic carbocycles. The summed E-state index contributed by atoms with van der Waals surface area (Å²) in [7, 11) is 0. The number of halogens is 2. The molecule has 144 valence electrons. The van der Waals surface area contributed by atoms with E-state index >= 15 is 0 Å². The molecule has 26 heavy (non-hydrogen) atoms. The third-order valence-electron chi connectivity index (χ3n) is 4.25. The minimum Gasteiger partial charge on any atom is -0.444 e. The fourth-order valence-electron chi connectivity index (χ4n) is 3.09. The molecule has 0 spiro atoms. The quantitative estimate of drug-likeness (QED) is 0.652. The first kappa shape index (κ1) is 21.0. The number of carbonyl (C=O) groups excluding carboxylic acids is 2. The summed E-state index contributed by atoms with van der Waals surface area (Å²) in [6.45, 7) is 8.24. The monoisotopic (exact) mass is 401 g/mol. The van der Waals surface area contributed by atoms with Crippen LogP contribution in [0, 0.1) is 0 Å². The standard InChI is InChI=1S/C19H25Cl2NO4/c1-5-25-12-19(16(23)13-7-8-14(20)15(21)11-13)9-6-10-22(19)17(24)26-18(2,3)4/h7-8,11H,5-6,9-10,12H2,1-4H3. The van der Waals surface area contributed by atoms with Crippen molar-refractivity contribution in [2.75, 3.05) is 19.8 Å². The number of hydrogen-bond acceptors (Lipinski definition) is 4. The summed E-state index contributed by atoms with van der Waals surface area (Å²) in [5.41, 5.74) is -1.35. The van der Waals surface area contributed by atoms with Gasteiger partial charge in [0.15, 0.2) is 5.78 Å². The van der Waals surface area contributed by atoms with Crippen molar-refractivity contribution in [1.82, 2.24) is 4.90 Å². The highest BCUT2D eigenvalue weighted by molar-refractivity contribution is 6.42. The summed E-state index contributed by atoms with van der Waals surface area (Å²) in [6, 6.07) is 4.74. The zero-order chi connectivity index (χ0) is 19.5. The van der Waals surface area contributed by atoms with Crippen LogP contribution in [0.3, 0.4) is 0 Å². The van der Waals surface area contributed by atoms with Gasteiger partial charge >= 0.3 is 6.09 Å². The number of likely N-dealkylation sites (tertiary alicyclic amines) is 1. The van der Waals surface area contributed by atoms with Crippen LogP contribution in [0.15, 0.2) is 18.2 Å². The smallest absolute Gasteiger partial charge is 0.411 e. The van der Waals surface area contributed by atoms with Gasteiger partial charge in [-0.1, -0.05) is 23.2 Å². The molecular formula is C19H25Cl2NO4. The lowest BCUT2D eigenvalue weighted by molar-refractivity contribution is -0.0115. The van der Waals surface area contributed by atoms with E-state index in [1.807, 2.05) is 6.92 Å². The summed E-state index contributed by atoms with van der Waals surface area (Å²) in [4.78, 5) is 27.6. The summed E-state index contributed by atoms with van der Waals surface area (Å²) in [5, 5.41) is 0.670. The van der Waals surface area contributed by atoms with Gasteiger partial charge in [-0.05, 0) is 58.7 Å². The molecule has 1 fully saturated rings. The number of nitrogens with zero attached hydrogens (tertiary/aromatic N) is 1. The van der Waals surface area contributed by atoms with Crippen LogP contribution in [0.25, 0.3) is 0 Å². The number of carbonyl (C=O) groups is 2. The zero-order valence-electron chi connectivity index (χ0n) is 15.6. The second kappa shape index (κ2) is 8.15. The van der Waals surface area contributed by atoms with Gasteiger partial charge in [-0.25, -0.2) is 4.79 Å². The molecule has 1 saturated heterocycles. The van der Waals surface area contributed by atoms with Crippen LogP contribution in [0.1, 0.15) is 50.9 Å². The third-order valence-corrected chi connectivity index (χ3v) is 4.99. The van der Waals surface area contributed by atoms with Gasteiger partial charge in [-0.15, -0.1) is 0 Å². The summed E-state index contributed by atoms with van der Waals surface area (Å²) < 4.78 is 11.1. The molecule has 1 aliphatic heterocycles. The van der Waals surface area contributed by atoms with E-state index < -0.39 is 17.2 Å². The lowest BCUT2D eigenvalue weighted by Gasteiger charge is -2.37. The Kier molecular flexibility index (Phi) is 6.59. The van der Waals surface area contributed by atoms with E-state index in [1.54, 1.807) is 32.9 Å². The van der Waals surface area contributed by atoms with Crippen molar-refractivity contribution >= 4 is 35.1 Å². The minimum absolute atomic E-state index is 0.113. The Morgan fingerprint density at radius 3 is 2.50 bits per heavy atom. The fraction of sp³-hybridized carbons (Fsp3) is 0.579. The van der Waals surface area contributed by atoms with E-state index in [4.69, 9.17) is 32.7 Å². The van der Waals surface area contributed by atoms with Crippen molar-refractivity contribution in [3.8, 4) is 0 Å². The van der Waals surface area contributed by atoms with Crippen molar-refractivity contribution in [2.24, 2.45) is 0 Å². The van der Waals surface area contributed by atoms with Crippen LogP contribution < -0.4 is 0 Å². The SMILES string of the molecule is CCOCC1(C(=O)c2ccc(Cl)c(Cl)c2)CCCN1C(=O)OC(C)(C)C. The Morgan fingerprint density at radius 1 is 1.23 bits per heavy atom. The van der Waals surface area contributed by atoms with E-state index in [-0.39, 0.29) is 12.4 Å². The van der Waals surface area contributed by atoms with Gasteiger partial charge in [0.05, 0.1) is 16.7 Å². The van der Waals surface area contributed by atoms with Gasteiger partial charge in [0.25, 0.3) is 0 Å². The van der Waals surface area contributed by atoms with Crippen LogP contribution >= 0.6 is 23.2 Å². The van der Waals surface area contributed by atoms with Crippen molar-refractivity contribution in [3.63, 3.8) is 0 Å². The van der Waals surface area contributed by atoms with E-state index in [1.165, 1.54) is 11.0 Å². The number of hydrogen-bond donors (Lipinski definition) is 0. The number of amides is 1. The molecule has 1 unspecified atom stereocenters. The van der Waals surface area contributed by atoms with Crippen molar-refractivity contribution < 1.29 is 19.1 Å². The zero-order valence-corrected chi connectivity index (χ0v) is 17.1. The highest BCUT2D eigenvalue weighted by Gasteiger charge is 2.51. The molecule has 1 aliphatic rings. The molecule has 1 aromatic rings. The van der Waals surface area contributed by atoms with Crippen molar-refractivity contribution in [3.05, 3.63) is 33.8 Å². The van der Waals surface area contributed by atoms with Gasteiger partial charge in [0.1, 0.15) is 11.1 Å². The first-order valence-electron chi connectivity index (χ1n) is 8.69. The highest BCUT2D eigenvalue weighted by Crippen LogP contribution is 2.36. The molecule has 7 heteroatoms. The minimum atomic E-state index is -1.10. The maximum absolute atomic E-state index is 13.4. The number of ether oxygens (including phenoxy) is 2. The maximum atomic E-state index is 13.4. The van der Waals surface area contributed by atoms with E-state index in [0.717, 1.165) is 0 Å². The summed E-state index contributed by atoms with van der Waals surface area (Å²) in [5.74, 6) is -0.215. The molecule has 0 N–H and O–H groups in total. The average molecular weight is 402 g/mol. The molecule has 0 saturated carbocycles. The third kappa shape index (κ3) is 4.51. The first-order chi connectivity index (χ1) is 12.1. The fourth-order valence-corrected chi connectivity index (χ4v) is 3.39. The molecule has 1 atom stereocenters. The topological polar surface area (TPSA) is 55.8 Å². The Hall–Kier alpha value is -1.30. The largest absolute Gasteiger partial charge is 0.444 e. The molecule has 5 nitrogen and oxygen atoms in total. The predicted molar refractivity (Wildman–Crippen MR) is 102 cm³/mol. The molecule has 0 bridgehead atoms. The molecule has 1 amide bonds. The summed E-state index contributed by atoms with van der Waals surface area (Å²) >= 11 is 12.0. The normalized spacial score (nSPS) is 20.3. The second-order valence-electron chi connectivity index (χ2n) is 7.36.